The SMILES string of the molecule is Cc1cccc(COc2ccc(-c3cnc4c(-c5nn[nH]n5)cnn4c3C3CCCCC3)cc2)c1. The van der Waals surface area contributed by atoms with Gasteiger partial charge in [0.25, 0.3) is 0 Å². The fraction of sp³-hybridized carbons (Fsp3) is 0.296. The number of benzene rings is 2. The van der Waals surface area contributed by atoms with Crippen molar-refractivity contribution in [1.82, 2.24) is 35.2 Å². The summed E-state index contributed by atoms with van der Waals surface area (Å²) >= 11 is 0. The van der Waals surface area contributed by atoms with E-state index in [0.29, 0.717) is 18.3 Å². The molecule has 0 atom stereocenters. The van der Waals surface area contributed by atoms with Gasteiger partial charge in [0.2, 0.25) is 5.82 Å². The molecule has 8 heteroatoms. The number of nitrogens with zero attached hydrogens (tertiary/aromatic N) is 6. The number of fused-ring (bicyclic) bond motifs is 1. The van der Waals surface area contributed by atoms with Crippen LogP contribution in [0.3, 0.4) is 0 Å². The number of nitrogens with one attached hydrogen (secondary N) is 1. The highest BCUT2D eigenvalue weighted by Crippen LogP contribution is 2.39. The Kier molecular flexibility index (Phi) is 5.70. The van der Waals surface area contributed by atoms with Crippen LogP contribution < -0.4 is 4.74 Å². The first-order valence-corrected chi connectivity index (χ1v) is 12.2. The molecule has 0 bridgehead atoms. The van der Waals surface area contributed by atoms with Crippen molar-refractivity contribution in [3.63, 3.8) is 0 Å². The average molecular weight is 466 g/mol. The highest BCUT2D eigenvalue weighted by atomic mass is 16.5. The number of aromatic nitrogens is 7. The van der Waals surface area contributed by atoms with Gasteiger partial charge in [-0.3, -0.25) is 0 Å². The molecule has 6 rings (SSSR count). The van der Waals surface area contributed by atoms with Crippen LogP contribution in [0.25, 0.3) is 28.2 Å². The van der Waals surface area contributed by atoms with E-state index in [-0.39, 0.29) is 0 Å². The van der Waals surface area contributed by atoms with Crippen LogP contribution in [0.1, 0.15) is 54.8 Å². The first-order valence-electron chi connectivity index (χ1n) is 12.2. The van der Waals surface area contributed by atoms with Gasteiger partial charge in [-0.1, -0.05) is 61.2 Å². The normalized spacial score (nSPS) is 14.4. The number of ether oxygens (including phenoxy) is 1. The lowest BCUT2D eigenvalue weighted by Gasteiger charge is -2.25. The van der Waals surface area contributed by atoms with Gasteiger partial charge in [0.1, 0.15) is 12.4 Å². The molecule has 0 unspecified atom stereocenters. The lowest BCUT2D eigenvalue weighted by Crippen LogP contribution is -2.12. The van der Waals surface area contributed by atoms with Crippen molar-refractivity contribution in [2.45, 2.75) is 51.6 Å². The molecular formula is C27H27N7O. The van der Waals surface area contributed by atoms with Gasteiger partial charge in [0.15, 0.2) is 5.65 Å². The van der Waals surface area contributed by atoms with Crippen LogP contribution in [-0.4, -0.2) is 35.2 Å². The molecule has 0 aliphatic heterocycles. The summed E-state index contributed by atoms with van der Waals surface area (Å²) in [6.45, 7) is 2.64. The number of tetrazole rings is 1. The number of hydrogen-bond donors (Lipinski definition) is 1. The number of aryl methyl sites for hydroxylation is 1. The third-order valence-electron chi connectivity index (χ3n) is 6.80. The summed E-state index contributed by atoms with van der Waals surface area (Å²) in [6, 6.07) is 16.7. The van der Waals surface area contributed by atoms with Crippen LogP contribution in [0.15, 0.2) is 60.9 Å². The predicted octanol–water partition coefficient (Wildman–Crippen LogP) is 5.51. The van der Waals surface area contributed by atoms with Crippen molar-refractivity contribution in [3.05, 3.63) is 77.7 Å². The highest BCUT2D eigenvalue weighted by Gasteiger charge is 2.25. The van der Waals surface area contributed by atoms with Crippen molar-refractivity contribution in [2.75, 3.05) is 0 Å². The summed E-state index contributed by atoms with van der Waals surface area (Å²) in [5, 5.41) is 19.2. The van der Waals surface area contributed by atoms with E-state index >= 15 is 0 Å². The Hall–Kier alpha value is -4.07. The summed E-state index contributed by atoms with van der Waals surface area (Å²) in [6.07, 6.45) is 9.82. The predicted molar refractivity (Wildman–Crippen MR) is 133 cm³/mol. The van der Waals surface area contributed by atoms with Crippen LogP contribution in [0.2, 0.25) is 0 Å². The molecule has 3 heterocycles. The summed E-state index contributed by atoms with van der Waals surface area (Å²) in [5.41, 5.74) is 7.37. The summed E-state index contributed by atoms with van der Waals surface area (Å²) in [7, 11) is 0. The van der Waals surface area contributed by atoms with Gasteiger partial charge in [-0.15, -0.1) is 10.2 Å². The molecule has 1 aliphatic rings. The van der Waals surface area contributed by atoms with Crippen LogP contribution in [0.4, 0.5) is 0 Å². The Labute approximate surface area is 203 Å². The second-order valence-corrected chi connectivity index (χ2v) is 9.22. The molecular weight excluding hydrogens is 438 g/mol. The zero-order chi connectivity index (χ0) is 23.6. The van der Waals surface area contributed by atoms with Crippen LogP contribution in [0.5, 0.6) is 5.75 Å². The van der Waals surface area contributed by atoms with Gasteiger partial charge in [-0.2, -0.15) is 10.3 Å². The maximum Gasteiger partial charge on any atom is 0.210 e. The van der Waals surface area contributed by atoms with Crippen molar-refractivity contribution >= 4 is 5.65 Å². The van der Waals surface area contributed by atoms with E-state index in [2.05, 4.69) is 63.9 Å². The first kappa shape index (κ1) is 21.5. The van der Waals surface area contributed by atoms with Crippen LogP contribution >= 0.6 is 0 Å². The minimum Gasteiger partial charge on any atom is -0.489 e. The van der Waals surface area contributed by atoms with Crippen molar-refractivity contribution < 1.29 is 4.74 Å². The Balaban J connectivity index is 1.34. The molecule has 2 aromatic carbocycles. The lowest BCUT2D eigenvalue weighted by atomic mass is 9.84. The monoisotopic (exact) mass is 465 g/mol. The van der Waals surface area contributed by atoms with Gasteiger partial charge >= 0.3 is 0 Å². The quantitative estimate of drug-likeness (QED) is 0.355. The molecule has 35 heavy (non-hydrogen) atoms. The van der Waals surface area contributed by atoms with Gasteiger partial charge in [-0.05, 0) is 48.2 Å². The standard InChI is InChI=1S/C27H27N7O/c1-18-6-5-7-19(14-18)17-35-22-12-10-20(11-13-22)23-15-28-27-24(26-30-32-33-31-26)16-29-34(27)25(23)21-8-3-2-4-9-21/h5-7,10-16,21H,2-4,8-9,17H2,1H3,(H,30,31,32,33). The molecule has 3 aromatic heterocycles. The Morgan fingerprint density at radius 2 is 1.86 bits per heavy atom. The third-order valence-corrected chi connectivity index (χ3v) is 6.80. The van der Waals surface area contributed by atoms with Gasteiger partial charge in [0, 0.05) is 17.7 Å². The van der Waals surface area contributed by atoms with Crippen molar-refractivity contribution in [2.24, 2.45) is 0 Å². The van der Waals surface area contributed by atoms with Gasteiger partial charge < -0.3 is 4.74 Å². The Bertz CT molecular complexity index is 1430. The molecule has 0 spiro atoms. The lowest BCUT2D eigenvalue weighted by molar-refractivity contribution is 0.306. The maximum atomic E-state index is 6.04. The van der Waals surface area contributed by atoms with Crippen LogP contribution in [0, 0.1) is 6.92 Å². The summed E-state index contributed by atoms with van der Waals surface area (Å²) in [4.78, 5) is 4.78. The van der Waals surface area contributed by atoms with E-state index in [1.54, 1.807) is 6.20 Å². The molecule has 1 fully saturated rings. The van der Waals surface area contributed by atoms with Crippen LogP contribution in [-0.2, 0) is 6.61 Å². The van der Waals surface area contributed by atoms with E-state index in [9.17, 15) is 0 Å². The van der Waals surface area contributed by atoms with E-state index in [0.717, 1.165) is 40.9 Å². The number of hydrogen-bond acceptors (Lipinski definition) is 6. The number of rotatable bonds is 6. The fourth-order valence-corrected chi connectivity index (χ4v) is 5.07. The molecule has 1 saturated carbocycles. The van der Waals surface area contributed by atoms with Gasteiger partial charge in [-0.25, -0.2) is 9.50 Å². The fourth-order valence-electron chi connectivity index (χ4n) is 5.07. The number of aromatic amines is 1. The first-order chi connectivity index (χ1) is 17.3. The van der Waals surface area contributed by atoms with Gasteiger partial charge in [0.05, 0.1) is 17.5 Å². The third kappa shape index (κ3) is 4.27. The minimum absolute atomic E-state index is 0.430. The molecule has 0 saturated heterocycles. The second kappa shape index (κ2) is 9.29. The maximum absolute atomic E-state index is 6.04. The average Bonchev–Trinajstić information content (AvgIpc) is 3.58. The second-order valence-electron chi connectivity index (χ2n) is 9.22. The van der Waals surface area contributed by atoms with E-state index in [1.165, 1.54) is 36.1 Å². The number of H-pyrrole nitrogens is 1. The molecule has 1 aliphatic carbocycles. The molecule has 8 nitrogen and oxygen atoms in total. The smallest absolute Gasteiger partial charge is 0.210 e. The summed E-state index contributed by atoms with van der Waals surface area (Å²) in [5.74, 6) is 1.78. The van der Waals surface area contributed by atoms with Crippen molar-refractivity contribution in [3.8, 4) is 28.3 Å². The molecule has 5 aromatic rings. The van der Waals surface area contributed by atoms with E-state index in [1.807, 2.05) is 22.8 Å². The summed E-state index contributed by atoms with van der Waals surface area (Å²) < 4.78 is 8.03. The Morgan fingerprint density at radius 3 is 2.63 bits per heavy atom. The van der Waals surface area contributed by atoms with Crippen molar-refractivity contribution in [1.29, 1.82) is 0 Å². The topological polar surface area (TPSA) is 93.9 Å². The van der Waals surface area contributed by atoms with E-state index < -0.39 is 0 Å². The minimum atomic E-state index is 0.430. The zero-order valence-corrected chi connectivity index (χ0v) is 19.7. The molecule has 1 N–H and O–H groups in total. The molecule has 0 radical (unpaired) electrons. The van der Waals surface area contributed by atoms with E-state index in [4.69, 9.17) is 14.8 Å². The highest BCUT2D eigenvalue weighted by molar-refractivity contribution is 5.75. The largest absolute Gasteiger partial charge is 0.489 e. The molecule has 0 amide bonds. The zero-order valence-electron chi connectivity index (χ0n) is 19.7. The Morgan fingerprint density at radius 1 is 1.00 bits per heavy atom. The molecule has 176 valence electrons.